The number of hydrogen-bond donors (Lipinski definition) is 2. The summed E-state index contributed by atoms with van der Waals surface area (Å²) in [4.78, 5) is 5.43. The molecule has 0 saturated carbocycles. The number of hydrogen-bond acceptors (Lipinski definition) is 7. The average Bonchev–Trinajstić information content (AvgIpc) is 3.42. The minimum atomic E-state index is -0.582. The molecule has 0 aliphatic heterocycles. The maximum Gasteiger partial charge on any atom is 0.255 e. The van der Waals surface area contributed by atoms with Crippen molar-refractivity contribution >= 4 is 0 Å². The van der Waals surface area contributed by atoms with Crippen LogP contribution in [0.5, 0.6) is 11.6 Å². The van der Waals surface area contributed by atoms with Crippen LogP contribution in [0.4, 0.5) is 4.39 Å². The van der Waals surface area contributed by atoms with E-state index < -0.39 is 5.82 Å². The Kier molecular flexibility index (Phi) is 5.25. The second-order valence-corrected chi connectivity index (χ2v) is 6.56. The first-order valence-electron chi connectivity index (χ1n) is 8.95. The van der Waals surface area contributed by atoms with Crippen molar-refractivity contribution in [1.29, 1.82) is 0 Å². The number of aromatic amines is 1. The molecule has 4 aromatic rings. The molecular weight excluding hydrogens is 377 g/mol. The molecule has 1 aromatic carbocycles. The minimum Gasteiger partial charge on any atom is -0.436 e. The largest absolute Gasteiger partial charge is 0.436 e. The number of aliphatic hydroxyl groups excluding tert-OH is 1. The van der Waals surface area contributed by atoms with E-state index in [0.717, 1.165) is 0 Å². The standard InChI is InChI=1S/C19H18FN7O2/c1-12(11-28)8-18-24-26-27(25-18)14-2-4-15(5-3-14)29-19-16(20)9-13(10-21-19)17-6-7-22-23-17/h2-7,9-10,12,28H,8,11H2,1H3,(H,22,23)/t12-/m0/s1. The van der Waals surface area contributed by atoms with E-state index in [2.05, 4.69) is 30.6 Å². The molecule has 1 atom stereocenters. The Bertz CT molecular complexity index is 1080. The second kappa shape index (κ2) is 8.15. The van der Waals surface area contributed by atoms with Crippen LogP contribution in [0.2, 0.25) is 0 Å². The molecule has 0 fully saturated rings. The van der Waals surface area contributed by atoms with Gasteiger partial charge in [0.15, 0.2) is 11.6 Å². The normalized spacial score (nSPS) is 12.1. The zero-order valence-corrected chi connectivity index (χ0v) is 15.5. The summed E-state index contributed by atoms with van der Waals surface area (Å²) in [7, 11) is 0. The van der Waals surface area contributed by atoms with Crippen LogP contribution >= 0.6 is 0 Å². The highest BCUT2D eigenvalue weighted by atomic mass is 19.1. The molecule has 29 heavy (non-hydrogen) atoms. The number of rotatable bonds is 7. The number of tetrazole rings is 1. The van der Waals surface area contributed by atoms with Crippen LogP contribution in [0.1, 0.15) is 12.7 Å². The van der Waals surface area contributed by atoms with E-state index >= 15 is 0 Å². The van der Waals surface area contributed by atoms with Crippen LogP contribution in [0, 0.1) is 11.7 Å². The summed E-state index contributed by atoms with van der Waals surface area (Å²) in [5.74, 6) is 0.326. The van der Waals surface area contributed by atoms with Crippen molar-refractivity contribution in [1.82, 2.24) is 35.4 Å². The van der Waals surface area contributed by atoms with Gasteiger partial charge in [0.2, 0.25) is 0 Å². The third-order valence-corrected chi connectivity index (χ3v) is 4.20. The number of H-pyrrole nitrogens is 1. The fourth-order valence-electron chi connectivity index (χ4n) is 2.63. The average molecular weight is 395 g/mol. The Morgan fingerprint density at radius 1 is 1.24 bits per heavy atom. The number of benzene rings is 1. The summed E-state index contributed by atoms with van der Waals surface area (Å²) in [5.41, 5.74) is 1.92. The Morgan fingerprint density at radius 3 is 2.76 bits per heavy atom. The molecule has 148 valence electrons. The van der Waals surface area contributed by atoms with E-state index in [0.29, 0.717) is 34.9 Å². The van der Waals surface area contributed by atoms with E-state index in [-0.39, 0.29) is 18.4 Å². The summed E-state index contributed by atoms with van der Waals surface area (Å²) >= 11 is 0. The number of pyridine rings is 1. The van der Waals surface area contributed by atoms with Gasteiger partial charge in [-0.1, -0.05) is 6.92 Å². The number of ether oxygens (including phenoxy) is 1. The molecule has 0 radical (unpaired) electrons. The van der Waals surface area contributed by atoms with Crippen molar-refractivity contribution in [3.05, 3.63) is 60.4 Å². The van der Waals surface area contributed by atoms with E-state index in [1.807, 2.05) is 6.92 Å². The van der Waals surface area contributed by atoms with Crippen LogP contribution in [-0.4, -0.2) is 47.1 Å². The lowest BCUT2D eigenvalue weighted by Crippen LogP contribution is -2.06. The van der Waals surface area contributed by atoms with Gasteiger partial charge in [0.05, 0.1) is 11.4 Å². The van der Waals surface area contributed by atoms with Crippen molar-refractivity contribution in [3.8, 4) is 28.6 Å². The first kappa shape index (κ1) is 18.7. The smallest absolute Gasteiger partial charge is 0.255 e. The van der Waals surface area contributed by atoms with Gasteiger partial charge >= 0.3 is 0 Å². The molecule has 0 aliphatic rings. The molecule has 0 saturated heterocycles. The fraction of sp³-hybridized carbons (Fsp3) is 0.211. The van der Waals surface area contributed by atoms with Gasteiger partial charge < -0.3 is 9.84 Å². The van der Waals surface area contributed by atoms with Crippen molar-refractivity contribution in [2.45, 2.75) is 13.3 Å². The van der Waals surface area contributed by atoms with Crippen LogP contribution in [0.3, 0.4) is 0 Å². The molecule has 0 unspecified atom stereocenters. The van der Waals surface area contributed by atoms with Crippen molar-refractivity contribution in [3.63, 3.8) is 0 Å². The highest BCUT2D eigenvalue weighted by molar-refractivity contribution is 5.57. The minimum absolute atomic E-state index is 0.0606. The van der Waals surface area contributed by atoms with Crippen LogP contribution in [0.15, 0.2) is 48.8 Å². The van der Waals surface area contributed by atoms with Gasteiger partial charge in [0.1, 0.15) is 5.75 Å². The highest BCUT2D eigenvalue weighted by Gasteiger charge is 2.12. The summed E-state index contributed by atoms with van der Waals surface area (Å²) in [6.45, 7) is 1.97. The summed E-state index contributed by atoms with van der Waals surface area (Å²) in [5, 5.41) is 28.0. The lowest BCUT2D eigenvalue weighted by molar-refractivity contribution is 0.235. The first-order chi connectivity index (χ1) is 14.1. The number of halogens is 1. The number of nitrogens with one attached hydrogen (secondary N) is 1. The van der Waals surface area contributed by atoms with Crippen molar-refractivity contribution < 1.29 is 14.2 Å². The van der Waals surface area contributed by atoms with Crippen molar-refractivity contribution in [2.24, 2.45) is 5.92 Å². The number of nitrogens with zero attached hydrogens (tertiary/aromatic N) is 6. The van der Waals surface area contributed by atoms with Gasteiger partial charge in [-0.15, -0.1) is 15.0 Å². The molecule has 3 heterocycles. The fourth-order valence-corrected chi connectivity index (χ4v) is 2.63. The number of aliphatic hydroxyl groups is 1. The molecule has 0 bridgehead atoms. The molecule has 2 N–H and O–H groups in total. The summed E-state index contributed by atoms with van der Waals surface area (Å²) in [6.07, 6.45) is 3.63. The predicted octanol–water partition coefficient (Wildman–Crippen LogP) is 2.55. The van der Waals surface area contributed by atoms with Crippen LogP contribution in [-0.2, 0) is 6.42 Å². The maximum absolute atomic E-state index is 14.3. The highest BCUT2D eigenvalue weighted by Crippen LogP contribution is 2.26. The first-order valence-corrected chi connectivity index (χ1v) is 8.95. The van der Waals surface area contributed by atoms with E-state index in [9.17, 15) is 4.39 Å². The van der Waals surface area contributed by atoms with E-state index in [1.165, 1.54) is 17.1 Å². The zero-order chi connectivity index (χ0) is 20.2. The Balaban J connectivity index is 1.46. The van der Waals surface area contributed by atoms with Crippen LogP contribution in [0.25, 0.3) is 16.9 Å². The lowest BCUT2D eigenvalue weighted by Gasteiger charge is -2.07. The Morgan fingerprint density at radius 2 is 2.07 bits per heavy atom. The monoisotopic (exact) mass is 395 g/mol. The van der Waals surface area contributed by atoms with Crippen molar-refractivity contribution in [2.75, 3.05) is 6.61 Å². The maximum atomic E-state index is 14.3. The Hall–Kier alpha value is -3.66. The molecular formula is C19H18FN7O2. The Labute approximate surface area is 165 Å². The third-order valence-electron chi connectivity index (χ3n) is 4.20. The molecule has 10 heteroatoms. The SMILES string of the molecule is C[C@H](CO)Cc1nnn(-c2ccc(Oc3ncc(-c4ccn[nH]4)cc3F)cc2)n1. The zero-order valence-electron chi connectivity index (χ0n) is 15.5. The van der Waals surface area contributed by atoms with E-state index in [1.54, 1.807) is 36.5 Å². The lowest BCUT2D eigenvalue weighted by atomic mass is 10.1. The molecule has 9 nitrogen and oxygen atoms in total. The number of aromatic nitrogens is 7. The van der Waals surface area contributed by atoms with Gasteiger partial charge in [-0.3, -0.25) is 5.10 Å². The van der Waals surface area contributed by atoms with Gasteiger partial charge in [-0.2, -0.15) is 5.10 Å². The predicted molar refractivity (Wildman–Crippen MR) is 101 cm³/mol. The van der Waals surface area contributed by atoms with E-state index in [4.69, 9.17) is 9.84 Å². The van der Waals surface area contributed by atoms with Gasteiger partial charge in [-0.05, 0) is 47.5 Å². The molecule has 3 aromatic heterocycles. The summed E-state index contributed by atoms with van der Waals surface area (Å²) in [6, 6.07) is 9.85. The van der Waals surface area contributed by atoms with Gasteiger partial charge in [0, 0.05) is 31.0 Å². The molecule has 0 amide bonds. The molecule has 0 spiro atoms. The van der Waals surface area contributed by atoms with Crippen LogP contribution < -0.4 is 4.74 Å². The molecule has 4 rings (SSSR count). The second-order valence-electron chi connectivity index (χ2n) is 6.56. The topological polar surface area (TPSA) is 115 Å². The van der Waals surface area contributed by atoms with Gasteiger partial charge in [0.25, 0.3) is 5.88 Å². The van der Waals surface area contributed by atoms with Gasteiger partial charge in [-0.25, -0.2) is 9.37 Å². The third kappa shape index (κ3) is 4.27. The summed E-state index contributed by atoms with van der Waals surface area (Å²) < 4.78 is 19.9. The quantitative estimate of drug-likeness (QED) is 0.494. The molecule has 0 aliphatic carbocycles.